The molecule has 20 heavy (non-hydrogen) atoms. The quantitative estimate of drug-likeness (QED) is 0.880. The van der Waals surface area contributed by atoms with E-state index in [1.54, 1.807) is 31.4 Å². The molecule has 2 aromatic rings. The smallest absolute Gasteiger partial charge is 0.164 e. The van der Waals surface area contributed by atoms with Gasteiger partial charge in [0, 0.05) is 11.6 Å². The van der Waals surface area contributed by atoms with Gasteiger partial charge in [-0.05, 0) is 30.5 Å². The van der Waals surface area contributed by atoms with Crippen molar-refractivity contribution in [2.45, 2.75) is 12.8 Å². The van der Waals surface area contributed by atoms with Gasteiger partial charge in [0.15, 0.2) is 11.5 Å². The molecular formula is C16H18O4. The number of rotatable bonds is 5. The Balaban J connectivity index is 2.23. The summed E-state index contributed by atoms with van der Waals surface area (Å²) in [7, 11) is 3.07. The van der Waals surface area contributed by atoms with Crippen LogP contribution in [0.3, 0.4) is 0 Å². The molecule has 106 valence electrons. The van der Waals surface area contributed by atoms with Gasteiger partial charge in [-0.2, -0.15) is 0 Å². The first kappa shape index (κ1) is 14.1. The fourth-order valence-electron chi connectivity index (χ4n) is 2.09. The van der Waals surface area contributed by atoms with Gasteiger partial charge in [-0.25, -0.2) is 0 Å². The highest BCUT2D eigenvalue weighted by Crippen LogP contribution is 2.35. The standard InChI is InChI=1S/C16H18O4/c1-19-13-9-12(16(18)15(10-13)20-2)8-7-11-5-3-4-6-14(11)17/h3-6,9-10,17-18H,7-8H2,1-2H3. The van der Waals surface area contributed by atoms with Crippen molar-refractivity contribution in [2.75, 3.05) is 14.2 Å². The number of ether oxygens (including phenoxy) is 2. The van der Waals surface area contributed by atoms with Gasteiger partial charge in [0.05, 0.1) is 14.2 Å². The summed E-state index contributed by atoms with van der Waals surface area (Å²) in [5.41, 5.74) is 1.57. The average Bonchev–Trinajstić information content (AvgIpc) is 2.47. The summed E-state index contributed by atoms with van der Waals surface area (Å²) in [4.78, 5) is 0. The third kappa shape index (κ3) is 2.96. The molecule has 0 saturated carbocycles. The molecule has 2 rings (SSSR count). The van der Waals surface area contributed by atoms with Crippen molar-refractivity contribution in [1.29, 1.82) is 0 Å². The number of aromatic hydroxyl groups is 2. The zero-order chi connectivity index (χ0) is 14.5. The van der Waals surface area contributed by atoms with Gasteiger partial charge >= 0.3 is 0 Å². The minimum absolute atomic E-state index is 0.115. The Morgan fingerprint density at radius 2 is 1.60 bits per heavy atom. The predicted octanol–water partition coefficient (Wildman–Crippen LogP) is 2.90. The van der Waals surface area contributed by atoms with E-state index >= 15 is 0 Å². The fourth-order valence-corrected chi connectivity index (χ4v) is 2.09. The van der Waals surface area contributed by atoms with Gasteiger partial charge in [0.2, 0.25) is 0 Å². The van der Waals surface area contributed by atoms with Crippen LogP contribution < -0.4 is 9.47 Å². The van der Waals surface area contributed by atoms with Crippen LogP contribution in [0.2, 0.25) is 0 Å². The van der Waals surface area contributed by atoms with Gasteiger partial charge in [0.25, 0.3) is 0 Å². The Morgan fingerprint density at radius 3 is 2.25 bits per heavy atom. The second-order valence-corrected chi connectivity index (χ2v) is 4.47. The van der Waals surface area contributed by atoms with E-state index in [2.05, 4.69) is 0 Å². The van der Waals surface area contributed by atoms with E-state index in [0.29, 0.717) is 24.3 Å². The summed E-state index contributed by atoms with van der Waals surface area (Å²) < 4.78 is 10.3. The van der Waals surface area contributed by atoms with Crippen molar-refractivity contribution in [3.8, 4) is 23.0 Å². The molecule has 0 amide bonds. The lowest BCUT2D eigenvalue weighted by molar-refractivity contribution is 0.361. The van der Waals surface area contributed by atoms with Crippen molar-refractivity contribution >= 4 is 0 Å². The summed E-state index contributed by atoms with van der Waals surface area (Å²) in [6, 6.07) is 10.6. The van der Waals surface area contributed by atoms with Gasteiger partial charge < -0.3 is 19.7 Å². The van der Waals surface area contributed by atoms with Gasteiger partial charge in [0.1, 0.15) is 11.5 Å². The lowest BCUT2D eigenvalue weighted by Crippen LogP contribution is -1.96. The number of aryl methyl sites for hydroxylation is 2. The molecule has 0 aliphatic rings. The van der Waals surface area contributed by atoms with Crippen LogP contribution in [0.5, 0.6) is 23.0 Å². The lowest BCUT2D eigenvalue weighted by atomic mass is 10.0. The van der Waals surface area contributed by atoms with Crippen LogP contribution in [0.15, 0.2) is 36.4 Å². The SMILES string of the molecule is COc1cc(CCc2ccccc2O)c(O)c(OC)c1. The minimum Gasteiger partial charge on any atom is -0.508 e. The molecule has 4 nitrogen and oxygen atoms in total. The lowest BCUT2D eigenvalue weighted by Gasteiger charge is -2.12. The van der Waals surface area contributed by atoms with E-state index in [0.717, 1.165) is 11.1 Å². The molecule has 0 radical (unpaired) electrons. The Bertz CT molecular complexity index is 593. The molecule has 0 bridgehead atoms. The normalized spacial score (nSPS) is 10.3. The summed E-state index contributed by atoms with van der Waals surface area (Å²) in [5.74, 6) is 1.40. The van der Waals surface area contributed by atoms with Crippen LogP contribution in [0, 0.1) is 0 Å². The van der Waals surface area contributed by atoms with E-state index in [4.69, 9.17) is 9.47 Å². The number of hydrogen-bond donors (Lipinski definition) is 2. The van der Waals surface area contributed by atoms with E-state index < -0.39 is 0 Å². The monoisotopic (exact) mass is 274 g/mol. The van der Waals surface area contributed by atoms with Crippen LogP contribution in [-0.4, -0.2) is 24.4 Å². The summed E-state index contributed by atoms with van der Waals surface area (Å²) in [6.07, 6.45) is 1.20. The number of phenolic OH excluding ortho intramolecular Hbond substituents is 2. The number of para-hydroxylation sites is 1. The Hall–Kier alpha value is -2.36. The maximum Gasteiger partial charge on any atom is 0.164 e. The molecule has 0 heterocycles. The third-order valence-corrected chi connectivity index (χ3v) is 3.24. The van der Waals surface area contributed by atoms with Crippen LogP contribution >= 0.6 is 0 Å². The molecule has 0 aliphatic heterocycles. The van der Waals surface area contributed by atoms with Crippen molar-refractivity contribution in [3.05, 3.63) is 47.5 Å². The van der Waals surface area contributed by atoms with Gasteiger partial charge in [-0.1, -0.05) is 18.2 Å². The summed E-state index contributed by atoms with van der Waals surface area (Å²) in [5, 5.41) is 19.9. The molecule has 0 atom stereocenters. The highest BCUT2D eigenvalue weighted by Gasteiger charge is 2.12. The van der Waals surface area contributed by atoms with Crippen molar-refractivity contribution in [2.24, 2.45) is 0 Å². The topological polar surface area (TPSA) is 58.9 Å². The Labute approximate surface area is 118 Å². The first-order valence-electron chi connectivity index (χ1n) is 6.36. The molecular weight excluding hydrogens is 256 g/mol. The molecule has 0 unspecified atom stereocenters. The van der Waals surface area contributed by atoms with Crippen LogP contribution in [0.25, 0.3) is 0 Å². The van der Waals surface area contributed by atoms with Gasteiger partial charge in [-0.15, -0.1) is 0 Å². The van der Waals surface area contributed by atoms with Crippen LogP contribution in [0.1, 0.15) is 11.1 Å². The minimum atomic E-state index is 0.115. The maximum absolute atomic E-state index is 10.1. The van der Waals surface area contributed by atoms with E-state index in [1.165, 1.54) is 7.11 Å². The molecule has 4 heteroatoms. The van der Waals surface area contributed by atoms with Gasteiger partial charge in [-0.3, -0.25) is 0 Å². The largest absolute Gasteiger partial charge is 0.508 e. The number of phenols is 2. The summed E-state index contributed by atoms with van der Waals surface area (Å²) in [6.45, 7) is 0. The first-order valence-corrected chi connectivity index (χ1v) is 6.36. The molecule has 0 aliphatic carbocycles. The van der Waals surface area contributed by atoms with E-state index in [9.17, 15) is 10.2 Å². The average molecular weight is 274 g/mol. The summed E-state index contributed by atoms with van der Waals surface area (Å²) >= 11 is 0. The molecule has 0 fully saturated rings. The second kappa shape index (κ2) is 6.19. The Kier molecular flexibility index (Phi) is 4.35. The fraction of sp³-hybridized carbons (Fsp3) is 0.250. The van der Waals surface area contributed by atoms with Crippen LogP contribution in [0.4, 0.5) is 0 Å². The van der Waals surface area contributed by atoms with Crippen molar-refractivity contribution in [3.63, 3.8) is 0 Å². The second-order valence-electron chi connectivity index (χ2n) is 4.47. The first-order chi connectivity index (χ1) is 9.65. The maximum atomic E-state index is 10.1. The molecule has 0 aromatic heterocycles. The Morgan fingerprint density at radius 1 is 0.900 bits per heavy atom. The molecule has 0 saturated heterocycles. The molecule has 2 aromatic carbocycles. The third-order valence-electron chi connectivity index (χ3n) is 3.24. The predicted molar refractivity (Wildman–Crippen MR) is 76.7 cm³/mol. The number of methoxy groups -OCH3 is 2. The zero-order valence-electron chi connectivity index (χ0n) is 11.6. The highest BCUT2D eigenvalue weighted by atomic mass is 16.5. The zero-order valence-corrected chi connectivity index (χ0v) is 11.6. The van der Waals surface area contributed by atoms with E-state index in [1.807, 2.05) is 12.1 Å². The molecule has 2 N–H and O–H groups in total. The van der Waals surface area contributed by atoms with Crippen LogP contribution in [-0.2, 0) is 12.8 Å². The highest BCUT2D eigenvalue weighted by molar-refractivity contribution is 5.51. The number of hydrogen-bond acceptors (Lipinski definition) is 4. The molecule has 0 spiro atoms. The van der Waals surface area contributed by atoms with E-state index in [-0.39, 0.29) is 11.5 Å². The van der Waals surface area contributed by atoms with Crippen molar-refractivity contribution < 1.29 is 19.7 Å². The van der Waals surface area contributed by atoms with Crippen molar-refractivity contribution in [1.82, 2.24) is 0 Å². The number of benzene rings is 2.